The number of imidazole rings is 1. The second kappa shape index (κ2) is 7.42. The lowest BCUT2D eigenvalue weighted by molar-refractivity contribution is -0.133. The summed E-state index contributed by atoms with van der Waals surface area (Å²) in [5.74, 6) is -0.387. The van der Waals surface area contributed by atoms with Gasteiger partial charge >= 0.3 is 5.97 Å². The van der Waals surface area contributed by atoms with Crippen LogP contribution in [0.25, 0.3) is 11.2 Å². The number of aliphatic carboxylic acids is 1. The number of aromatic nitrogens is 3. The van der Waals surface area contributed by atoms with Gasteiger partial charge in [0, 0.05) is 12.8 Å². The summed E-state index contributed by atoms with van der Waals surface area (Å²) in [4.78, 5) is 19.5. The van der Waals surface area contributed by atoms with Gasteiger partial charge in [0.05, 0.1) is 18.9 Å². The number of fused-ring (bicyclic) bond motifs is 1. The summed E-state index contributed by atoms with van der Waals surface area (Å²) in [6.07, 6.45) is 1.71. The van der Waals surface area contributed by atoms with E-state index in [-0.39, 0.29) is 5.75 Å². The van der Waals surface area contributed by atoms with Gasteiger partial charge in [-0.3, -0.25) is 4.79 Å². The van der Waals surface area contributed by atoms with Crippen molar-refractivity contribution in [3.63, 3.8) is 0 Å². The van der Waals surface area contributed by atoms with Gasteiger partial charge in [-0.1, -0.05) is 25.6 Å². The molecule has 0 bridgehead atoms. The first-order valence-electron chi connectivity index (χ1n) is 6.81. The van der Waals surface area contributed by atoms with Gasteiger partial charge in [0.2, 0.25) is 0 Å². The number of hydrogen-bond donors (Lipinski definition) is 1. The van der Waals surface area contributed by atoms with Crippen molar-refractivity contribution in [2.75, 3.05) is 19.0 Å². The lowest BCUT2D eigenvalue weighted by Crippen LogP contribution is -2.11. The molecule has 2 aromatic heterocycles. The highest BCUT2D eigenvalue weighted by molar-refractivity contribution is 7.99. The van der Waals surface area contributed by atoms with Crippen LogP contribution in [-0.4, -0.2) is 44.6 Å². The van der Waals surface area contributed by atoms with Crippen molar-refractivity contribution in [1.82, 2.24) is 14.5 Å². The van der Waals surface area contributed by atoms with Gasteiger partial charge in [-0.15, -0.1) is 0 Å². The van der Waals surface area contributed by atoms with Gasteiger partial charge in [0.1, 0.15) is 5.52 Å². The molecule has 21 heavy (non-hydrogen) atoms. The smallest absolute Gasteiger partial charge is 0.313 e. The van der Waals surface area contributed by atoms with Crippen LogP contribution in [0.2, 0.25) is 0 Å². The predicted octanol–water partition coefficient (Wildman–Crippen LogP) is 2.28. The predicted molar refractivity (Wildman–Crippen MR) is 81.5 cm³/mol. The second-order valence-electron chi connectivity index (χ2n) is 5.04. The summed E-state index contributed by atoms with van der Waals surface area (Å²) in [7, 11) is 0. The summed E-state index contributed by atoms with van der Waals surface area (Å²) in [6.45, 7) is 6.07. The van der Waals surface area contributed by atoms with Crippen LogP contribution in [0.5, 0.6) is 0 Å². The molecule has 0 radical (unpaired) electrons. The van der Waals surface area contributed by atoms with Gasteiger partial charge < -0.3 is 14.4 Å². The van der Waals surface area contributed by atoms with Gasteiger partial charge in [-0.05, 0) is 18.1 Å². The molecule has 0 saturated carbocycles. The molecule has 6 nitrogen and oxygen atoms in total. The first-order valence-corrected chi connectivity index (χ1v) is 7.80. The van der Waals surface area contributed by atoms with E-state index in [0.717, 1.165) is 11.2 Å². The van der Waals surface area contributed by atoms with E-state index in [9.17, 15) is 4.79 Å². The standard InChI is InChI=1S/C14H19N3O3S/c1-10(2)8-20-7-6-17-13-11(4-3-5-15-13)16-14(17)21-9-12(18)19/h3-5,10H,6-9H2,1-2H3,(H,18,19). The number of carboxylic acids is 1. The van der Waals surface area contributed by atoms with Crippen LogP contribution >= 0.6 is 11.8 Å². The molecule has 0 aliphatic heterocycles. The van der Waals surface area contributed by atoms with E-state index in [2.05, 4.69) is 23.8 Å². The third-order valence-corrected chi connectivity index (χ3v) is 3.67. The monoisotopic (exact) mass is 309 g/mol. The average Bonchev–Trinajstić information content (AvgIpc) is 2.79. The van der Waals surface area contributed by atoms with E-state index in [4.69, 9.17) is 9.84 Å². The van der Waals surface area contributed by atoms with Crippen molar-refractivity contribution in [2.24, 2.45) is 5.92 Å². The SMILES string of the molecule is CC(C)COCCn1c(SCC(=O)O)nc2cccnc21. The zero-order valence-electron chi connectivity index (χ0n) is 12.2. The van der Waals surface area contributed by atoms with E-state index in [1.807, 2.05) is 16.7 Å². The van der Waals surface area contributed by atoms with Crippen LogP contribution in [0.3, 0.4) is 0 Å². The van der Waals surface area contributed by atoms with Crippen molar-refractivity contribution in [2.45, 2.75) is 25.5 Å². The summed E-state index contributed by atoms with van der Waals surface area (Å²) < 4.78 is 7.52. The largest absolute Gasteiger partial charge is 0.481 e. The molecule has 0 aliphatic rings. The van der Waals surface area contributed by atoms with Crippen LogP contribution in [0.15, 0.2) is 23.5 Å². The van der Waals surface area contributed by atoms with Gasteiger partial charge in [0.25, 0.3) is 0 Å². The van der Waals surface area contributed by atoms with Crippen molar-refractivity contribution < 1.29 is 14.6 Å². The fourth-order valence-corrected chi connectivity index (χ4v) is 2.60. The topological polar surface area (TPSA) is 77.2 Å². The third-order valence-electron chi connectivity index (χ3n) is 2.70. The van der Waals surface area contributed by atoms with Gasteiger partial charge in [-0.2, -0.15) is 0 Å². The first kappa shape index (κ1) is 15.8. The number of pyridine rings is 1. The highest BCUT2D eigenvalue weighted by atomic mass is 32.2. The number of rotatable bonds is 8. The van der Waals surface area contributed by atoms with Crippen molar-refractivity contribution in [1.29, 1.82) is 0 Å². The Bertz CT molecular complexity index is 613. The number of carbonyl (C=O) groups is 1. The fraction of sp³-hybridized carbons (Fsp3) is 0.500. The lowest BCUT2D eigenvalue weighted by atomic mass is 10.2. The zero-order chi connectivity index (χ0) is 15.2. The molecule has 0 unspecified atom stereocenters. The average molecular weight is 309 g/mol. The van der Waals surface area contributed by atoms with Crippen molar-refractivity contribution in [3.05, 3.63) is 18.3 Å². The van der Waals surface area contributed by atoms with E-state index >= 15 is 0 Å². The highest BCUT2D eigenvalue weighted by Crippen LogP contribution is 2.22. The maximum absolute atomic E-state index is 10.7. The summed E-state index contributed by atoms with van der Waals surface area (Å²) in [5, 5.41) is 9.48. The van der Waals surface area contributed by atoms with Crippen molar-refractivity contribution in [3.8, 4) is 0 Å². The number of nitrogens with zero attached hydrogens (tertiary/aromatic N) is 3. The molecule has 2 rings (SSSR count). The van der Waals surface area contributed by atoms with E-state index in [0.29, 0.717) is 30.8 Å². The van der Waals surface area contributed by atoms with E-state index < -0.39 is 5.97 Å². The Hall–Kier alpha value is -1.60. The Morgan fingerprint density at radius 2 is 2.33 bits per heavy atom. The molecule has 2 heterocycles. The molecule has 114 valence electrons. The Morgan fingerprint density at radius 3 is 3.05 bits per heavy atom. The maximum atomic E-state index is 10.7. The number of hydrogen-bond acceptors (Lipinski definition) is 5. The van der Waals surface area contributed by atoms with Gasteiger partial charge in [-0.25, -0.2) is 9.97 Å². The Balaban J connectivity index is 2.13. The highest BCUT2D eigenvalue weighted by Gasteiger charge is 2.13. The normalized spacial score (nSPS) is 11.4. The van der Waals surface area contributed by atoms with E-state index in [1.54, 1.807) is 6.20 Å². The van der Waals surface area contributed by atoms with Crippen LogP contribution < -0.4 is 0 Å². The molecule has 0 fully saturated rings. The molecule has 0 spiro atoms. The molecule has 0 aromatic carbocycles. The van der Waals surface area contributed by atoms with E-state index in [1.165, 1.54) is 11.8 Å². The molecule has 1 N–H and O–H groups in total. The van der Waals surface area contributed by atoms with Crippen LogP contribution in [-0.2, 0) is 16.1 Å². The Labute approximate surface area is 127 Å². The van der Waals surface area contributed by atoms with Crippen LogP contribution in [0.4, 0.5) is 0 Å². The summed E-state index contributed by atoms with van der Waals surface area (Å²) >= 11 is 1.20. The minimum Gasteiger partial charge on any atom is -0.481 e. The third kappa shape index (κ3) is 4.44. The zero-order valence-corrected chi connectivity index (χ0v) is 13.0. The summed E-state index contributed by atoms with van der Waals surface area (Å²) in [5.41, 5.74) is 1.53. The summed E-state index contributed by atoms with van der Waals surface area (Å²) in [6, 6.07) is 3.69. The molecular weight excluding hydrogens is 290 g/mol. The molecule has 0 saturated heterocycles. The minimum atomic E-state index is -0.859. The second-order valence-corrected chi connectivity index (χ2v) is 5.99. The number of ether oxygens (including phenoxy) is 1. The molecule has 0 atom stereocenters. The quantitative estimate of drug-likeness (QED) is 0.595. The molecule has 0 aliphatic carbocycles. The molecule has 7 heteroatoms. The van der Waals surface area contributed by atoms with Crippen LogP contribution in [0.1, 0.15) is 13.8 Å². The maximum Gasteiger partial charge on any atom is 0.313 e. The van der Waals surface area contributed by atoms with Crippen molar-refractivity contribution >= 4 is 28.9 Å². The molecule has 0 amide bonds. The number of carboxylic acid groups (broad SMARTS) is 1. The molecular formula is C14H19N3O3S. The first-order chi connectivity index (χ1) is 10.1. The van der Waals surface area contributed by atoms with Crippen LogP contribution in [0, 0.1) is 5.92 Å². The lowest BCUT2D eigenvalue weighted by Gasteiger charge is -2.09. The Morgan fingerprint density at radius 1 is 1.52 bits per heavy atom. The Kier molecular flexibility index (Phi) is 5.58. The molecule has 2 aromatic rings. The van der Waals surface area contributed by atoms with Gasteiger partial charge in [0.15, 0.2) is 10.8 Å². The number of thioether (sulfide) groups is 1. The fourth-order valence-electron chi connectivity index (χ4n) is 1.85. The minimum absolute atomic E-state index is 0.0177.